The molecule has 0 fully saturated rings. The Morgan fingerprint density at radius 3 is 2.54 bits per heavy atom. The van der Waals surface area contributed by atoms with Gasteiger partial charge in [0, 0.05) is 0 Å². The second kappa shape index (κ2) is 3.41. The Hall–Kier alpha value is -0.970. The Morgan fingerprint density at radius 1 is 1.54 bits per heavy atom. The van der Waals surface area contributed by atoms with Gasteiger partial charge in [0.05, 0.1) is 10.0 Å². The van der Waals surface area contributed by atoms with E-state index in [4.69, 9.17) is 5.11 Å². The molecule has 0 bridgehead atoms. The van der Waals surface area contributed by atoms with Gasteiger partial charge in [-0.2, -0.15) is 0 Å². The first-order valence-electron chi connectivity index (χ1n) is 3.32. The minimum atomic E-state index is -1.03. The Balaban J connectivity index is 3.56. The number of carbonyl (C=O) groups excluding carboxylic acids is 1. The molecule has 1 aromatic rings. The van der Waals surface area contributed by atoms with Crippen LogP contribution in [0.25, 0.3) is 0 Å². The molecule has 0 aliphatic heterocycles. The van der Waals surface area contributed by atoms with Gasteiger partial charge in [0.2, 0.25) is 0 Å². The first-order valence-corrected chi connectivity index (χ1v) is 4.12. The van der Waals surface area contributed by atoms with Crippen LogP contribution in [-0.2, 0) is 0 Å². The number of phenols is 1. The molecule has 0 aromatic heterocycles. The highest BCUT2D eigenvalue weighted by atomic mass is 79.9. The Labute approximate surface area is 81.3 Å². The van der Waals surface area contributed by atoms with Crippen molar-refractivity contribution in [3.8, 4) is 5.75 Å². The van der Waals surface area contributed by atoms with E-state index < -0.39 is 28.7 Å². The molecule has 1 N–H and O–H groups in total. The first kappa shape index (κ1) is 10.1. The minimum Gasteiger partial charge on any atom is -0.504 e. The maximum Gasteiger partial charge on any atom is 0.166 e. The van der Waals surface area contributed by atoms with E-state index in [9.17, 15) is 13.6 Å². The zero-order valence-electron chi connectivity index (χ0n) is 6.57. The van der Waals surface area contributed by atoms with Gasteiger partial charge in [-0.05, 0) is 28.9 Å². The van der Waals surface area contributed by atoms with Gasteiger partial charge in [0.15, 0.2) is 23.2 Å². The van der Waals surface area contributed by atoms with Gasteiger partial charge in [-0.1, -0.05) is 0 Å². The fraction of sp³-hybridized carbons (Fsp3) is 0.125. The van der Waals surface area contributed by atoms with Crippen LogP contribution in [0.15, 0.2) is 10.5 Å². The van der Waals surface area contributed by atoms with Crippen molar-refractivity contribution >= 4 is 21.7 Å². The van der Waals surface area contributed by atoms with Crippen molar-refractivity contribution in [1.29, 1.82) is 0 Å². The fourth-order valence-electron chi connectivity index (χ4n) is 0.907. The number of hydrogen-bond acceptors (Lipinski definition) is 2. The number of phenolic OH excluding ortho intramolecular Hbond substituents is 1. The Bertz CT molecular complexity index is 351. The number of Topliss-reactive ketones (excluding diaryl/α,β-unsaturated/α-hetero) is 1. The van der Waals surface area contributed by atoms with E-state index in [1.807, 2.05) is 0 Å². The van der Waals surface area contributed by atoms with E-state index in [2.05, 4.69) is 15.9 Å². The third kappa shape index (κ3) is 1.70. The van der Waals surface area contributed by atoms with E-state index in [-0.39, 0.29) is 4.47 Å². The summed E-state index contributed by atoms with van der Waals surface area (Å²) in [6, 6.07) is 0.761. The summed E-state index contributed by atoms with van der Waals surface area (Å²) in [5, 5.41) is 9.02. The zero-order valence-corrected chi connectivity index (χ0v) is 8.15. The van der Waals surface area contributed by atoms with Crippen LogP contribution in [0.5, 0.6) is 5.75 Å². The smallest absolute Gasteiger partial charge is 0.166 e. The molecule has 0 spiro atoms. The number of halogens is 3. The van der Waals surface area contributed by atoms with Crippen molar-refractivity contribution in [2.75, 3.05) is 0 Å². The van der Waals surface area contributed by atoms with Crippen LogP contribution in [0.4, 0.5) is 8.78 Å². The average molecular weight is 251 g/mol. The second-order valence-electron chi connectivity index (χ2n) is 2.43. The topological polar surface area (TPSA) is 37.3 Å². The minimum absolute atomic E-state index is 0.187. The van der Waals surface area contributed by atoms with Gasteiger partial charge in [0.25, 0.3) is 0 Å². The third-order valence-corrected chi connectivity index (χ3v) is 2.07. The van der Waals surface area contributed by atoms with E-state index in [0.29, 0.717) is 0 Å². The van der Waals surface area contributed by atoms with Crippen LogP contribution < -0.4 is 0 Å². The lowest BCUT2D eigenvalue weighted by Gasteiger charge is -2.04. The maximum absolute atomic E-state index is 13.1. The first-order chi connectivity index (χ1) is 5.95. The lowest BCUT2D eigenvalue weighted by molar-refractivity contribution is 0.101. The molecule has 70 valence electrons. The highest BCUT2D eigenvalue weighted by Crippen LogP contribution is 2.30. The van der Waals surface area contributed by atoms with E-state index in [0.717, 1.165) is 13.0 Å². The van der Waals surface area contributed by atoms with Gasteiger partial charge in [-0.15, -0.1) is 0 Å². The molecule has 1 aromatic carbocycles. The van der Waals surface area contributed by atoms with Crippen LogP contribution >= 0.6 is 15.9 Å². The van der Waals surface area contributed by atoms with Crippen molar-refractivity contribution in [2.24, 2.45) is 0 Å². The molecular weight excluding hydrogens is 246 g/mol. The van der Waals surface area contributed by atoms with Crippen molar-refractivity contribution < 1.29 is 18.7 Å². The van der Waals surface area contributed by atoms with E-state index in [1.165, 1.54) is 0 Å². The standard InChI is InChI=1S/C8H5BrF2O2/c1-3(12)6-7(11)4(9)2-5(10)8(6)13/h2,13H,1H3. The summed E-state index contributed by atoms with van der Waals surface area (Å²) in [6.45, 7) is 1.05. The molecule has 0 saturated heterocycles. The van der Waals surface area contributed by atoms with Crippen molar-refractivity contribution in [2.45, 2.75) is 6.92 Å². The molecule has 0 amide bonds. The lowest BCUT2D eigenvalue weighted by atomic mass is 10.1. The molecular formula is C8H5BrF2O2. The summed E-state index contributed by atoms with van der Waals surface area (Å²) in [7, 11) is 0. The van der Waals surface area contributed by atoms with E-state index >= 15 is 0 Å². The third-order valence-electron chi connectivity index (χ3n) is 1.50. The monoisotopic (exact) mass is 250 g/mol. The lowest BCUT2D eigenvalue weighted by Crippen LogP contribution is -2.00. The van der Waals surface area contributed by atoms with Crippen LogP contribution in [0.1, 0.15) is 17.3 Å². The quantitative estimate of drug-likeness (QED) is 0.615. The van der Waals surface area contributed by atoms with E-state index in [1.54, 1.807) is 0 Å². The molecule has 0 saturated carbocycles. The number of carbonyl (C=O) groups is 1. The van der Waals surface area contributed by atoms with Crippen molar-refractivity contribution in [1.82, 2.24) is 0 Å². The molecule has 13 heavy (non-hydrogen) atoms. The molecule has 1 rings (SSSR count). The molecule has 5 heteroatoms. The van der Waals surface area contributed by atoms with Gasteiger partial charge in [0.1, 0.15) is 0 Å². The van der Waals surface area contributed by atoms with Crippen molar-refractivity contribution in [3.05, 3.63) is 27.7 Å². The number of benzene rings is 1. The predicted octanol–water partition coefficient (Wildman–Crippen LogP) is 2.64. The second-order valence-corrected chi connectivity index (χ2v) is 3.29. The molecule has 0 radical (unpaired) electrons. The summed E-state index contributed by atoms with van der Waals surface area (Å²) >= 11 is 2.72. The summed E-state index contributed by atoms with van der Waals surface area (Å²) < 4.78 is 25.7. The normalized spacial score (nSPS) is 10.2. The number of hydrogen-bond donors (Lipinski definition) is 1. The zero-order chi connectivity index (χ0) is 10.2. The van der Waals surface area contributed by atoms with Gasteiger partial charge in [-0.25, -0.2) is 8.78 Å². The molecule has 2 nitrogen and oxygen atoms in total. The van der Waals surface area contributed by atoms with Crippen LogP contribution in [0.3, 0.4) is 0 Å². The van der Waals surface area contributed by atoms with Crippen molar-refractivity contribution in [3.63, 3.8) is 0 Å². The van der Waals surface area contributed by atoms with Gasteiger partial charge < -0.3 is 5.11 Å². The molecule has 0 atom stereocenters. The summed E-state index contributed by atoms with van der Waals surface area (Å²) in [5.74, 6) is -3.66. The number of aromatic hydroxyl groups is 1. The molecule has 0 aliphatic rings. The van der Waals surface area contributed by atoms with Gasteiger partial charge >= 0.3 is 0 Å². The summed E-state index contributed by atoms with van der Waals surface area (Å²) in [5.41, 5.74) is -0.633. The molecule has 0 aliphatic carbocycles. The Kier molecular flexibility index (Phi) is 2.66. The highest BCUT2D eigenvalue weighted by Gasteiger charge is 2.19. The predicted molar refractivity (Wildman–Crippen MR) is 45.7 cm³/mol. The number of ketones is 1. The molecule has 0 heterocycles. The highest BCUT2D eigenvalue weighted by molar-refractivity contribution is 9.10. The fourth-order valence-corrected chi connectivity index (χ4v) is 1.31. The van der Waals surface area contributed by atoms with Crippen LogP contribution in [0, 0.1) is 11.6 Å². The van der Waals surface area contributed by atoms with Crippen LogP contribution in [-0.4, -0.2) is 10.9 Å². The number of rotatable bonds is 1. The SMILES string of the molecule is CC(=O)c1c(O)c(F)cc(Br)c1F. The van der Waals surface area contributed by atoms with Gasteiger partial charge in [-0.3, -0.25) is 4.79 Å². The largest absolute Gasteiger partial charge is 0.504 e. The summed E-state index contributed by atoms with van der Waals surface area (Å²) in [6.07, 6.45) is 0. The molecule has 0 unspecified atom stereocenters. The average Bonchev–Trinajstić information content (AvgIpc) is 2.01. The Morgan fingerprint density at radius 2 is 2.08 bits per heavy atom. The summed E-state index contributed by atoms with van der Waals surface area (Å²) in [4.78, 5) is 10.8. The van der Waals surface area contributed by atoms with Crippen LogP contribution in [0.2, 0.25) is 0 Å². The maximum atomic E-state index is 13.1.